The van der Waals surface area contributed by atoms with E-state index in [0.29, 0.717) is 30.8 Å². The second-order valence-electron chi connectivity index (χ2n) is 12.7. The Bertz CT molecular complexity index is 1720. The van der Waals surface area contributed by atoms with Crippen LogP contribution in [0.1, 0.15) is 50.5 Å². The molecule has 0 bridgehead atoms. The zero-order chi connectivity index (χ0) is 28.5. The number of anilines is 1. The van der Waals surface area contributed by atoms with Crippen molar-refractivity contribution < 1.29 is 13.9 Å². The molecule has 9 heteroatoms. The summed E-state index contributed by atoms with van der Waals surface area (Å²) < 4.78 is 23.1. The fraction of sp³-hybridized carbons (Fsp3) is 0.455. The highest BCUT2D eigenvalue weighted by atomic mass is 19.1. The maximum absolute atomic E-state index is 16.7. The zero-order valence-electron chi connectivity index (χ0n) is 24.0. The van der Waals surface area contributed by atoms with Gasteiger partial charge in [-0.25, -0.2) is 4.39 Å². The lowest BCUT2D eigenvalue weighted by Crippen LogP contribution is -2.68. The van der Waals surface area contributed by atoms with Crippen LogP contribution in [-0.2, 0) is 4.79 Å². The summed E-state index contributed by atoms with van der Waals surface area (Å²) >= 11 is 0. The molecule has 1 atom stereocenters. The van der Waals surface area contributed by atoms with Gasteiger partial charge in [-0.1, -0.05) is 36.4 Å². The van der Waals surface area contributed by atoms with Gasteiger partial charge < -0.3 is 15.0 Å². The summed E-state index contributed by atoms with van der Waals surface area (Å²) in [6.45, 7) is 6.11. The van der Waals surface area contributed by atoms with Crippen LogP contribution in [0.2, 0.25) is 0 Å². The number of nitrogens with zero attached hydrogens (tertiary/aromatic N) is 5. The first kappa shape index (κ1) is 25.8. The van der Waals surface area contributed by atoms with Crippen LogP contribution < -0.4 is 15.0 Å². The monoisotopic (exact) mass is 566 g/mol. The number of hydrogen-bond acceptors (Lipinski definition) is 7. The van der Waals surface area contributed by atoms with Crippen molar-refractivity contribution in [3.63, 3.8) is 0 Å². The molecule has 2 aromatic heterocycles. The molecule has 8 rings (SSSR count). The van der Waals surface area contributed by atoms with Crippen LogP contribution in [0.4, 0.5) is 10.2 Å². The molecule has 2 aromatic carbocycles. The number of nitrogens with one attached hydrogen (secondary N) is 1. The Morgan fingerprint density at radius 1 is 1.02 bits per heavy atom. The molecule has 8 nitrogen and oxygen atoms in total. The largest absolute Gasteiger partial charge is 0.461 e. The molecular formula is C33H35FN6O2. The van der Waals surface area contributed by atoms with Gasteiger partial charge in [-0.3, -0.25) is 14.7 Å². The number of carbonyl (C=O) groups is 1. The lowest BCUT2D eigenvalue weighted by Gasteiger charge is -2.49. The van der Waals surface area contributed by atoms with Crippen LogP contribution in [0.15, 0.2) is 42.6 Å². The summed E-state index contributed by atoms with van der Waals surface area (Å²) in [6.07, 6.45) is 8.59. The minimum absolute atomic E-state index is 0.0201. The summed E-state index contributed by atoms with van der Waals surface area (Å²) in [5.41, 5.74) is 2.06. The van der Waals surface area contributed by atoms with Gasteiger partial charge in [0, 0.05) is 24.8 Å². The number of amides is 1. The first-order valence-electron chi connectivity index (χ1n) is 15.2. The smallest absolute Gasteiger partial charge is 0.319 e. The predicted molar refractivity (Wildman–Crippen MR) is 160 cm³/mol. The van der Waals surface area contributed by atoms with E-state index in [-0.39, 0.29) is 34.2 Å². The number of fused-ring (bicyclic) bond motifs is 3. The van der Waals surface area contributed by atoms with E-state index >= 15 is 4.39 Å². The average Bonchev–Trinajstić information content (AvgIpc) is 3.56. The van der Waals surface area contributed by atoms with Crippen molar-refractivity contribution >= 4 is 33.4 Å². The van der Waals surface area contributed by atoms with Crippen molar-refractivity contribution in [1.82, 2.24) is 25.2 Å². The van der Waals surface area contributed by atoms with E-state index in [2.05, 4.69) is 20.1 Å². The molecule has 0 radical (unpaired) electrons. The summed E-state index contributed by atoms with van der Waals surface area (Å²) in [4.78, 5) is 30.9. The Labute approximate surface area is 244 Å². The number of benzene rings is 2. The van der Waals surface area contributed by atoms with Crippen molar-refractivity contribution in [2.24, 2.45) is 0 Å². The van der Waals surface area contributed by atoms with Gasteiger partial charge in [0.05, 0.1) is 22.9 Å². The number of β-lactam (4-membered cyclic amide) rings is 1. The summed E-state index contributed by atoms with van der Waals surface area (Å²) in [6, 6.07) is 12.2. The van der Waals surface area contributed by atoms with Gasteiger partial charge in [0.25, 0.3) is 0 Å². The highest BCUT2D eigenvalue weighted by molar-refractivity contribution is 6.00. The molecule has 1 unspecified atom stereocenters. The summed E-state index contributed by atoms with van der Waals surface area (Å²) in [7, 11) is 0. The van der Waals surface area contributed by atoms with Crippen molar-refractivity contribution in [2.45, 2.75) is 62.9 Å². The van der Waals surface area contributed by atoms with E-state index in [1.807, 2.05) is 43.3 Å². The third kappa shape index (κ3) is 4.04. The average molecular weight is 567 g/mol. The lowest BCUT2D eigenvalue weighted by molar-refractivity contribution is -0.133. The predicted octanol–water partition coefficient (Wildman–Crippen LogP) is 5.16. The molecule has 1 amide bonds. The van der Waals surface area contributed by atoms with Crippen molar-refractivity contribution in [2.75, 3.05) is 37.7 Å². The fourth-order valence-corrected chi connectivity index (χ4v) is 8.04. The second kappa shape index (κ2) is 9.59. The highest BCUT2D eigenvalue weighted by Gasteiger charge is 2.47. The second-order valence-corrected chi connectivity index (χ2v) is 12.7. The molecule has 1 N–H and O–H groups in total. The van der Waals surface area contributed by atoms with Gasteiger partial charge in [-0.15, -0.1) is 0 Å². The maximum Gasteiger partial charge on any atom is 0.319 e. The van der Waals surface area contributed by atoms with E-state index in [1.54, 1.807) is 6.20 Å². The molecule has 42 heavy (non-hydrogen) atoms. The maximum atomic E-state index is 16.7. The summed E-state index contributed by atoms with van der Waals surface area (Å²) in [5.74, 6) is 0.226. The molecule has 4 aromatic rings. The van der Waals surface area contributed by atoms with Gasteiger partial charge in [0.1, 0.15) is 23.6 Å². The van der Waals surface area contributed by atoms with Gasteiger partial charge in [0.15, 0.2) is 5.82 Å². The number of hydrogen-bond donors (Lipinski definition) is 1. The molecule has 0 aliphatic carbocycles. The lowest BCUT2D eigenvalue weighted by atomic mass is 9.80. The van der Waals surface area contributed by atoms with Crippen molar-refractivity contribution in [1.29, 1.82) is 0 Å². The third-order valence-electron chi connectivity index (χ3n) is 10.1. The van der Waals surface area contributed by atoms with Gasteiger partial charge in [-0.2, -0.15) is 9.97 Å². The SMILES string of the molecule is Cc1cccc2cccc(-c3ncc4c(N5CCCC6(CC(=O)N6)C5)nc(OCC56CCCN5CCC6)nc4c3F)c12. The topological polar surface area (TPSA) is 83.5 Å². The molecule has 4 aliphatic rings. The van der Waals surface area contributed by atoms with Crippen molar-refractivity contribution in [3.05, 3.63) is 54.0 Å². The number of aryl methyl sites for hydroxylation is 1. The van der Waals surface area contributed by atoms with E-state index in [9.17, 15) is 4.79 Å². The van der Waals surface area contributed by atoms with Gasteiger partial charge in [0.2, 0.25) is 5.91 Å². The van der Waals surface area contributed by atoms with Gasteiger partial charge in [-0.05, 0) is 74.9 Å². The van der Waals surface area contributed by atoms with Gasteiger partial charge >= 0.3 is 6.01 Å². The number of rotatable bonds is 5. The number of aromatic nitrogens is 3. The normalized spacial score (nSPS) is 23.4. The number of ether oxygens (including phenoxy) is 1. The Hall–Kier alpha value is -3.85. The van der Waals surface area contributed by atoms with Crippen LogP contribution in [0, 0.1) is 12.7 Å². The Morgan fingerprint density at radius 3 is 2.57 bits per heavy atom. The van der Waals surface area contributed by atoms with Crippen LogP contribution in [0.5, 0.6) is 6.01 Å². The molecule has 6 heterocycles. The Kier molecular flexibility index (Phi) is 5.90. The van der Waals surface area contributed by atoms with Crippen LogP contribution in [0.25, 0.3) is 32.9 Å². The van der Waals surface area contributed by atoms with E-state index in [0.717, 1.165) is 67.2 Å². The van der Waals surface area contributed by atoms with E-state index < -0.39 is 5.82 Å². The number of pyridine rings is 1. The Balaban J connectivity index is 1.24. The number of carbonyl (C=O) groups excluding carboxylic acids is 1. The fourth-order valence-electron chi connectivity index (χ4n) is 8.04. The van der Waals surface area contributed by atoms with Crippen LogP contribution in [-0.4, -0.2) is 69.6 Å². The summed E-state index contributed by atoms with van der Waals surface area (Å²) in [5, 5.41) is 5.71. The van der Waals surface area contributed by atoms with Crippen LogP contribution in [0.3, 0.4) is 0 Å². The molecule has 1 spiro atoms. The minimum atomic E-state index is -0.470. The molecule has 4 fully saturated rings. The molecule has 0 saturated carbocycles. The molecular weight excluding hydrogens is 531 g/mol. The third-order valence-corrected chi connectivity index (χ3v) is 10.1. The minimum Gasteiger partial charge on any atom is -0.461 e. The molecule has 216 valence electrons. The van der Waals surface area contributed by atoms with Crippen LogP contribution >= 0.6 is 0 Å². The first-order chi connectivity index (χ1) is 20.4. The quantitative estimate of drug-likeness (QED) is 0.334. The van der Waals surface area contributed by atoms with E-state index in [1.165, 1.54) is 12.8 Å². The Morgan fingerprint density at radius 2 is 1.79 bits per heavy atom. The molecule has 4 aliphatic heterocycles. The highest BCUT2D eigenvalue weighted by Crippen LogP contribution is 2.41. The number of halogens is 1. The zero-order valence-corrected chi connectivity index (χ0v) is 24.0. The first-order valence-corrected chi connectivity index (χ1v) is 15.2. The standard InChI is InChI=1S/C33H35FN6O2/c1-21-7-2-8-22-9-3-10-23(26(21)22)28-27(34)29-24(18-35-28)30(39-14-4-11-32(19-39)17-25(41)38-32)37-31(36-29)42-20-33-12-5-15-40(33)16-6-13-33/h2-3,7-10,18H,4-6,11-17,19-20H2,1H3,(H,38,41). The number of piperidine rings is 1. The van der Waals surface area contributed by atoms with Crippen molar-refractivity contribution in [3.8, 4) is 17.3 Å². The van der Waals surface area contributed by atoms with E-state index in [4.69, 9.17) is 14.7 Å². The molecule has 4 saturated heterocycles.